The molecule has 2 rings (SSSR count). The van der Waals surface area contributed by atoms with Crippen LogP contribution in [0.1, 0.15) is 19.8 Å². The maximum Gasteiger partial charge on any atom is 0.285 e. The van der Waals surface area contributed by atoms with Gasteiger partial charge in [-0.1, -0.05) is 31.5 Å². The summed E-state index contributed by atoms with van der Waals surface area (Å²) in [4.78, 5) is 11.7. The highest BCUT2D eigenvalue weighted by atomic mass is 16.1. The second-order valence-electron chi connectivity index (χ2n) is 4.45. The number of rotatable bonds is 5. The molecule has 94 valence electrons. The molecule has 0 bridgehead atoms. The molecule has 0 radical (unpaired) electrons. The third-order valence-electron chi connectivity index (χ3n) is 2.93. The van der Waals surface area contributed by atoms with E-state index in [2.05, 4.69) is 24.4 Å². The van der Waals surface area contributed by atoms with E-state index in [0.29, 0.717) is 6.54 Å². The zero-order chi connectivity index (χ0) is 12.8. The molecule has 3 heteroatoms. The number of carbonyl (C=O) groups is 1. The lowest BCUT2D eigenvalue weighted by Gasteiger charge is -2.02. The van der Waals surface area contributed by atoms with Crippen LogP contribution < -0.4 is 9.88 Å². The van der Waals surface area contributed by atoms with Gasteiger partial charge in [0.1, 0.15) is 0 Å². The highest BCUT2D eigenvalue weighted by Crippen LogP contribution is 2.09. The Morgan fingerprint density at radius 2 is 2.00 bits per heavy atom. The first kappa shape index (κ1) is 12.6. The van der Waals surface area contributed by atoms with Gasteiger partial charge in [-0.25, -0.2) is 0 Å². The quantitative estimate of drug-likeness (QED) is 0.632. The van der Waals surface area contributed by atoms with Gasteiger partial charge in [0.15, 0.2) is 12.4 Å². The molecule has 0 unspecified atom stereocenters. The number of hydrogen-bond donors (Lipinski definition) is 1. The van der Waals surface area contributed by atoms with Crippen molar-refractivity contribution in [3.8, 4) is 0 Å². The number of aromatic nitrogens is 1. The molecule has 0 saturated heterocycles. The molecule has 1 amide bonds. The van der Waals surface area contributed by atoms with E-state index in [1.54, 1.807) is 0 Å². The SMILES string of the molecule is CCCCNC(=O)C[n+]1ccc2ccccc2c1. The fourth-order valence-corrected chi connectivity index (χ4v) is 1.90. The van der Waals surface area contributed by atoms with Gasteiger partial charge in [0.05, 0.1) is 0 Å². The maximum atomic E-state index is 11.7. The van der Waals surface area contributed by atoms with Crippen molar-refractivity contribution >= 4 is 16.7 Å². The van der Waals surface area contributed by atoms with Gasteiger partial charge in [0.25, 0.3) is 5.91 Å². The lowest BCUT2D eigenvalue weighted by atomic mass is 10.2. The smallest absolute Gasteiger partial charge is 0.285 e. The Bertz CT molecular complexity index is 537. The number of hydrogen-bond acceptors (Lipinski definition) is 1. The maximum absolute atomic E-state index is 11.7. The summed E-state index contributed by atoms with van der Waals surface area (Å²) in [5.41, 5.74) is 0. The van der Waals surface area contributed by atoms with E-state index in [4.69, 9.17) is 0 Å². The fraction of sp³-hybridized carbons (Fsp3) is 0.333. The molecule has 1 aromatic heterocycles. The van der Waals surface area contributed by atoms with Crippen LogP contribution in [0.3, 0.4) is 0 Å². The molecule has 0 fully saturated rings. The number of pyridine rings is 1. The molecule has 0 aliphatic rings. The predicted octanol–water partition coefficient (Wildman–Crippen LogP) is 2.04. The largest absolute Gasteiger partial charge is 0.351 e. The van der Waals surface area contributed by atoms with Gasteiger partial charge in [0, 0.05) is 18.0 Å². The van der Waals surface area contributed by atoms with Gasteiger partial charge in [-0.3, -0.25) is 4.79 Å². The van der Waals surface area contributed by atoms with Crippen LogP contribution in [0, 0.1) is 0 Å². The molecule has 0 aliphatic heterocycles. The summed E-state index contributed by atoms with van der Waals surface area (Å²) >= 11 is 0. The number of amides is 1. The lowest BCUT2D eigenvalue weighted by molar-refractivity contribution is -0.683. The number of nitrogens with zero attached hydrogens (tertiary/aromatic N) is 1. The predicted molar refractivity (Wildman–Crippen MR) is 72.1 cm³/mol. The van der Waals surface area contributed by atoms with Gasteiger partial charge < -0.3 is 5.32 Å². The summed E-state index contributed by atoms with van der Waals surface area (Å²) in [7, 11) is 0. The number of nitrogens with one attached hydrogen (secondary N) is 1. The molecule has 1 aromatic carbocycles. The van der Waals surface area contributed by atoms with Crippen LogP contribution in [-0.2, 0) is 11.3 Å². The standard InChI is InChI=1S/C15H18N2O/c1-2-3-9-16-15(18)12-17-10-8-13-6-4-5-7-14(13)11-17/h4-8,10-11H,2-3,9,12H2,1H3/p+1. The van der Waals surface area contributed by atoms with Crippen molar-refractivity contribution in [3.63, 3.8) is 0 Å². The molecule has 1 N–H and O–H groups in total. The zero-order valence-electron chi connectivity index (χ0n) is 10.7. The van der Waals surface area contributed by atoms with Crippen LogP contribution in [0.2, 0.25) is 0 Å². The summed E-state index contributed by atoms with van der Waals surface area (Å²) in [6.07, 6.45) is 6.09. The van der Waals surface area contributed by atoms with Crippen molar-refractivity contribution in [1.29, 1.82) is 0 Å². The van der Waals surface area contributed by atoms with Crippen molar-refractivity contribution < 1.29 is 9.36 Å². The monoisotopic (exact) mass is 243 g/mol. The third kappa shape index (κ3) is 3.29. The van der Waals surface area contributed by atoms with E-state index in [9.17, 15) is 4.79 Å². The number of carbonyl (C=O) groups excluding carboxylic acids is 1. The van der Waals surface area contributed by atoms with Crippen molar-refractivity contribution in [3.05, 3.63) is 42.7 Å². The minimum atomic E-state index is 0.0729. The van der Waals surface area contributed by atoms with Crippen LogP contribution in [0.5, 0.6) is 0 Å². The van der Waals surface area contributed by atoms with Crippen molar-refractivity contribution in [1.82, 2.24) is 5.32 Å². The van der Waals surface area contributed by atoms with Crippen LogP contribution in [-0.4, -0.2) is 12.5 Å². The molecular weight excluding hydrogens is 224 g/mol. The van der Waals surface area contributed by atoms with Gasteiger partial charge >= 0.3 is 0 Å². The summed E-state index contributed by atoms with van der Waals surface area (Å²) in [5.74, 6) is 0.0729. The van der Waals surface area contributed by atoms with Gasteiger partial charge in [-0.15, -0.1) is 0 Å². The van der Waals surface area contributed by atoms with E-state index in [0.717, 1.165) is 24.8 Å². The zero-order valence-corrected chi connectivity index (χ0v) is 10.7. The molecule has 0 aliphatic carbocycles. The summed E-state index contributed by atoms with van der Waals surface area (Å²) in [6, 6.07) is 10.2. The van der Waals surface area contributed by atoms with Crippen molar-refractivity contribution in [2.45, 2.75) is 26.3 Å². The van der Waals surface area contributed by atoms with E-state index < -0.39 is 0 Å². The second kappa shape index (κ2) is 6.15. The molecule has 1 heterocycles. The molecular formula is C15H19N2O+. The normalized spacial score (nSPS) is 10.5. The first-order chi connectivity index (χ1) is 8.79. The summed E-state index contributed by atoms with van der Waals surface area (Å²) in [6.45, 7) is 3.27. The van der Waals surface area contributed by atoms with Crippen molar-refractivity contribution in [2.75, 3.05) is 6.54 Å². The molecule has 0 saturated carbocycles. The molecule has 2 aromatic rings. The lowest BCUT2D eigenvalue weighted by Crippen LogP contribution is -2.42. The Labute approximate surface area is 107 Å². The highest BCUT2D eigenvalue weighted by Gasteiger charge is 2.08. The first-order valence-corrected chi connectivity index (χ1v) is 6.44. The van der Waals surface area contributed by atoms with E-state index >= 15 is 0 Å². The number of fused-ring (bicyclic) bond motifs is 1. The van der Waals surface area contributed by atoms with Crippen LogP contribution in [0.15, 0.2) is 42.7 Å². The van der Waals surface area contributed by atoms with Gasteiger partial charge in [-0.2, -0.15) is 4.57 Å². The topological polar surface area (TPSA) is 33.0 Å². The minimum absolute atomic E-state index is 0.0729. The summed E-state index contributed by atoms with van der Waals surface area (Å²) in [5, 5.41) is 5.27. The Morgan fingerprint density at radius 1 is 1.22 bits per heavy atom. The van der Waals surface area contributed by atoms with Gasteiger partial charge in [0.2, 0.25) is 6.54 Å². The number of benzene rings is 1. The minimum Gasteiger partial charge on any atom is -0.351 e. The third-order valence-corrected chi connectivity index (χ3v) is 2.93. The average molecular weight is 243 g/mol. The Hall–Kier alpha value is -1.90. The van der Waals surface area contributed by atoms with Crippen molar-refractivity contribution in [2.24, 2.45) is 0 Å². The Kier molecular flexibility index (Phi) is 4.29. The molecule has 18 heavy (non-hydrogen) atoms. The summed E-state index contributed by atoms with van der Waals surface area (Å²) < 4.78 is 1.92. The number of unbranched alkanes of at least 4 members (excludes halogenated alkanes) is 1. The molecule has 3 nitrogen and oxygen atoms in total. The Morgan fingerprint density at radius 3 is 2.78 bits per heavy atom. The molecule has 0 atom stereocenters. The van der Waals surface area contributed by atoms with Crippen LogP contribution in [0.25, 0.3) is 10.8 Å². The second-order valence-corrected chi connectivity index (χ2v) is 4.45. The fourth-order valence-electron chi connectivity index (χ4n) is 1.90. The van der Waals surface area contributed by atoms with Crippen LogP contribution in [0.4, 0.5) is 0 Å². The molecule has 0 spiro atoms. The Balaban J connectivity index is 2.01. The van der Waals surface area contributed by atoms with E-state index in [1.165, 1.54) is 5.39 Å². The van der Waals surface area contributed by atoms with E-state index in [1.807, 2.05) is 35.2 Å². The first-order valence-electron chi connectivity index (χ1n) is 6.44. The highest BCUT2D eigenvalue weighted by molar-refractivity contribution is 5.80. The van der Waals surface area contributed by atoms with Crippen LogP contribution >= 0.6 is 0 Å². The van der Waals surface area contributed by atoms with E-state index in [-0.39, 0.29) is 5.91 Å². The van der Waals surface area contributed by atoms with Gasteiger partial charge in [-0.05, 0) is 17.9 Å². The average Bonchev–Trinajstić information content (AvgIpc) is 2.39.